The number of carbonyl (C=O) groups excluding carboxylic acids is 2. The molecule has 10 heteroatoms. The Morgan fingerprint density at radius 2 is 1.56 bits per heavy atom. The van der Waals surface area contributed by atoms with Gasteiger partial charge < -0.3 is 19.9 Å². The van der Waals surface area contributed by atoms with E-state index in [0.29, 0.717) is 17.9 Å². The number of piperidine rings is 1. The van der Waals surface area contributed by atoms with Crippen LogP contribution in [0.5, 0.6) is 5.75 Å². The van der Waals surface area contributed by atoms with Crippen LogP contribution < -0.4 is 10.1 Å². The lowest BCUT2D eigenvalue weighted by Crippen LogP contribution is -2.45. The summed E-state index contributed by atoms with van der Waals surface area (Å²) < 4.78 is 28.9. The van der Waals surface area contributed by atoms with Gasteiger partial charge in [0, 0.05) is 25.9 Å². The Bertz CT molecular complexity index is 1510. The van der Waals surface area contributed by atoms with E-state index in [4.69, 9.17) is 4.74 Å². The summed E-state index contributed by atoms with van der Waals surface area (Å²) in [5.74, 6) is 0.589. The third kappa shape index (κ3) is 7.58. The first kappa shape index (κ1) is 32.5. The topological polar surface area (TPSA) is 96.0 Å². The van der Waals surface area contributed by atoms with Crippen LogP contribution in [0.2, 0.25) is 0 Å². The number of likely N-dealkylation sites (tertiary alicyclic amines) is 2. The zero-order valence-electron chi connectivity index (χ0n) is 24.7. The van der Waals surface area contributed by atoms with Gasteiger partial charge in [0.1, 0.15) is 5.75 Å². The van der Waals surface area contributed by atoms with Crippen LogP contribution in [-0.4, -0.2) is 69.6 Å². The highest BCUT2D eigenvalue weighted by atomic mass is 35.5. The maximum Gasteiger partial charge on any atom is 0.255 e. The molecule has 1 atom stereocenters. The highest BCUT2D eigenvalue weighted by Gasteiger charge is 2.47. The highest BCUT2D eigenvalue weighted by Crippen LogP contribution is 2.42. The molecule has 2 aliphatic heterocycles. The van der Waals surface area contributed by atoms with E-state index in [1.54, 1.807) is 43.5 Å². The van der Waals surface area contributed by atoms with E-state index in [1.165, 1.54) is 6.26 Å². The van der Waals surface area contributed by atoms with Crippen molar-refractivity contribution in [2.45, 2.75) is 43.2 Å². The molecule has 0 bridgehead atoms. The summed E-state index contributed by atoms with van der Waals surface area (Å²) in [6, 6.07) is 23.9. The minimum Gasteiger partial charge on any atom is -0.496 e. The maximum atomic E-state index is 13.5. The third-order valence-electron chi connectivity index (χ3n) is 8.73. The summed E-state index contributed by atoms with van der Waals surface area (Å²) in [7, 11) is -1.68. The van der Waals surface area contributed by atoms with Gasteiger partial charge in [0.15, 0.2) is 9.84 Å². The number of ether oxygens (including phenoxy) is 1. The molecule has 1 unspecified atom stereocenters. The number of hydrogen-bond acceptors (Lipinski definition) is 6. The first-order valence-corrected chi connectivity index (χ1v) is 16.4. The Balaban J connectivity index is 0.00000423. The molecule has 230 valence electrons. The predicted octanol–water partition coefficient (Wildman–Crippen LogP) is 4.90. The average molecular weight is 626 g/mol. The second-order valence-electron chi connectivity index (χ2n) is 11.4. The van der Waals surface area contributed by atoms with Crippen LogP contribution in [0.1, 0.15) is 53.2 Å². The predicted molar refractivity (Wildman–Crippen MR) is 169 cm³/mol. The van der Waals surface area contributed by atoms with Crippen molar-refractivity contribution in [3.8, 4) is 5.75 Å². The summed E-state index contributed by atoms with van der Waals surface area (Å²) in [5.41, 5.74) is 2.18. The largest absolute Gasteiger partial charge is 0.496 e. The molecule has 1 spiro atoms. The van der Waals surface area contributed by atoms with Crippen molar-refractivity contribution in [3.05, 3.63) is 95.6 Å². The van der Waals surface area contributed by atoms with E-state index >= 15 is 0 Å². The first-order chi connectivity index (χ1) is 20.2. The van der Waals surface area contributed by atoms with E-state index in [0.717, 1.165) is 63.0 Å². The van der Waals surface area contributed by atoms with Crippen molar-refractivity contribution in [2.75, 3.05) is 39.5 Å². The second kappa shape index (κ2) is 13.9. The number of carbonyl (C=O) groups is 2. The molecule has 2 saturated heterocycles. The van der Waals surface area contributed by atoms with Crippen LogP contribution in [0, 0.1) is 5.41 Å². The van der Waals surface area contributed by atoms with E-state index in [2.05, 4.69) is 10.2 Å². The molecule has 3 aromatic carbocycles. The standard InChI is InChI=1S/C33H39N3O5S.ClH/c1-41-30-11-7-6-10-28(30)31(37)34-29(26-8-4-3-5-9-26)16-20-35-21-17-33(18-22-35)19-23-36(32(33)38)24-25-12-14-27(15-13-25)42(2,39)40;/h3-15,29H,16-24H2,1-2H3,(H,34,37);1H. The molecular weight excluding hydrogens is 586 g/mol. The van der Waals surface area contributed by atoms with Gasteiger partial charge in [-0.25, -0.2) is 8.42 Å². The molecule has 1 N–H and O–H groups in total. The molecule has 0 aliphatic carbocycles. The van der Waals surface area contributed by atoms with Crippen molar-refractivity contribution >= 4 is 34.1 Å². The Morgan fingerprint density at radius 1 is 0.930 bits per heavy atom. The van der Waals surface area contributed by atoms with Gasteiger partial charge in [-0.05, 0) is 74.2 Å². The second-order valence-corrected chi connectivity index (χ2v) is 13.5. The fourth-order valence-corrected chi connectivity index (χ4v) is 6.79. The molecule has 8 nitrogen and oxygen atoms in total. The van der Waals surface area contributed by atoms with Crippen LogP contribution in [0.3, 0.4) is 0 Å². The van der Waals surface area contributed by atoms with E-state index in [1.807, 2.05) is 47.4 Å². The number of sulfone groups is 1. The zero-order valence-corrected chi connectivity index (χ0v) is 26.3. The molecule has 2 amide bonds. The lowest BCUT2D eigenvalue weighted by molar-refractivity contribution is -0.138. The molecular formula is C33H40ClN3O5S. The van der Waals surface area contributed by atoms with Crippen LogP contribution >= 0.6 is 12.4 Å². The molecule has 2 heterocycles. The molecule has 0 radical (unpaired) electrons. The molecule has 0 aromatic heterocycles. The minimum atomic E-state index is -3.24. The van der Waals surface area contributed by atoms with Crippen LogP contribution in [0.4, 0.5) is 0 Å². The summed E-state index contributed by atoms with van der Waals surface area (Å²) in [4.78, 5) is 31.4. The minimum absolute atomic E-state index is 0. The van der Waals surface area contributed by atoms with Crippen LogP contribution in [0.25, 0.3) is 0 Å². The molecule has 0 saturated carbocycles. The van der Waals surface area contributed by atoms with Gasteiger partial charge in [0.2, 0.25) is 5.91 Å². The SMILES string of the molecule is COc1ccccc1C(=O)NC(CCN1CCC2(CC1)CCN(Cc1ccc(S(C)(=O)=O)cc1)C2=O)c1ccccc1.Cl. The Labute approximate surface area is 260 Å². The van der Waals surface area contributed by atoms with Gasteiger partial charge in [-0.2, -0.15) is 0 Å². The smallest absolute Gasteiger partial charge is 0.255 e. The Kier molecular flexibility index (Phi) is 10.5. The van der Waals surface area contributed by atoms with Gasteiger partial charge in [-0.3, -0.25) is 9.59 Å². The van der Waals surface area contributed by atoms with Gasteiger partial charge >= 0.3 is 0 Å². The van der Waals surface area contributed by atoms with Crippen molar-refractivity contribution in [2.24, 2.45) is 5.41 Å². The quantitative estimate of drug-likeness (QED) is 0.345. The lowest BCUT2D eigenvalue weighted by atomic mass is 9.77. The van der Waals surface area contributed by atoms with E-state index in [-0.39, 0.29) is 40.6 Å². The number of para-hydroxylation sites is 1. The van der Waals surface area contributed by atoms with E-state index < -0.39 is 9.84 Å². The number of halogens is 1. The molecule has 2 fully saturated rings. The normalized spacial score (nSPS) is 17.3. The van der Waals surface area contributed by atoms with Gasteiger partial charge in [0.05, 0.1) is 29.0 Å². The monoisotopic (exact) mass is 625 g/mol. The van der Waals surface area contributed by atoms with Crippen molar-refractivity contribution in [1.29, 1.82) is 0 Å². The molecule has 5 rings (SSSR count). The van der Waals surface area contributed by atoms with E-state index in [9.17, 15) is 18.0 Å². The zero-order chi connectivity index (χ0) is 29.7. The first-order valence-electron chi connectivity index (χ1n) is 14.5. The Morgan fingerprint density at radius 3 is 2.21 bits per heavy atom. The number of nitrogens with zero attached hydrogens (tertiary/aromatic N) is 2. The number of nitrogens with one attached hydrogen (secondary N) is 1. The lowest BCUT2D eigenvalue weighted by Gasteiger charge is -2.38. The summed E-state index contributed by atoms with van der Waals surface area (Å²) in [6.07, 6.45) is 4.43. The van der Waals surface area contributed by atoms with Crippen LogP contribution in [0.15, 0.2) is 83.8 Å². The molecule has 3 aromatic rings. The number of benzene rings is 3. The highest BCUT2D eigenvalue weighted by molar-refractivity contribution is 7.90. The number of methoxy groups -OCH3 is 1. The van der Waals surface area contributed by atoms with Gasteiger partial charge in [0.25, 0.3) is 5.91 Å². The number of amides is 2. The third-order valence-corrected chi connectivity index (χ3v) is 9.86. The Hall–Kier alpha value is -3.40. The number of rotatable bonds is 10. The summed E-state index contributed by atoms with van der Waals surface area (Å²) >= 11 is 0. The average Bonchev–Trinajstić information content (AvgIpc) is 3.30. The fourth-order valence-electron chi connectivity index (χ4n) is 6.16. The summed E-state index contributed by atoms with van der Waals surface area (Å²) in [5, 5.41) is 3.22. The van der Waals surface area contributed by atoms with Gasteiger partial charge in [-0.1, -0.05) is 54.6 Å². The van der Waals surface area contributed by atoms with Crippen LogP contribution in [-0.2, 0) is 21.2 Å². The maximum absolute atomic E-state index is 13.5. The van der Waals surface area contributed by atoms with Crippen molar-refractivity contribution < 1.29 is 22.7 Å². The summed E-state index contributed by atoms with van der Waals surface area (Å²) in [6.45, 7) is 3.71. The molecule has 2 aliphatic rings. The van der Waals surface area contributed by atoms with Crippen molar-refractivity contribution in [1.82, 2.24) is 15.1 Å². The van der Waals surface area contributed by atoms with Gasteiger partial charge in [-0.15, -0.1) is 12.4 Å². The number of hydrogen-bond donors (Lipinski definition) is 1. The molecule has 43 heavy (non-hydrogen) atoms. The fraction of sp³-hybridized carbons (Fsp3) is 0.394. The van der Waals surface area contributed by atoms with Crippen molar-refractivity contribution in [3.63, 3.8) is 0 Å².